The quantitative estimate of drug-likeness (QED) is 0.780. The van der Waals surface area contributed by atoms with E-state index in [2.05, 4.69) is 29.1 Å². The molecule has 0 amide bonds. The number of nitrogens with one attached hydrogen (secondary N) is 1. The van der Waals surface area contributed by atoms with Gasteiger partial charge in [0.05, 0.1) is 13.2 Å². The molecule has 2 aliphatic heterocycles. The Morgan fingerprint density at radius 1 is 1.28 bits per heavy atom. The van der Waals surface area contributed by atoms with Crippen molar-refractivity contribution in [3.05, 3.63) is 0 Å². The summed E-state index contributed by atoms with van der Waals surface area (Å²) in [5.41, 5.74) is 0. The van der Waals surface area contributed by atoms with Gasteiger partial charge in [0, 0.05) is 38.8 Å². The molecular formula is C14H29N3O. The highest BCUT2D eigenvalue weighted by Gasteiger charge is 2.22. The molecule has 0 saturated carbocycles. The summed E-state index contributed by atoms with van der Waals surface area (Å²) in [6, 6.07) is 0.647. The molecule has 2 rings (SSSR count). The lowest BCUT2D eigenvalue weighted by Crippen LogP contribution is -2.46. The highest BCUT2D eigenvalue weighted by atomic mass is 16.5. The molecule has 0 spiro atoms. The van der Waals surface area contributed by atoms with Crippen LogP contribution in [-0.4, -0.2) is 75.4 Å². The van der Waals surface area contributed by atoms with E-state index in [0.717, 1.165) is 45.3 Å². The molecular weight excluding hydrogens is 226 g/mol. The van der Waals surface area contributed by atoms with Crippen LogP contribution in [0.25, 0.3) is 0 Å². The zero-order valence-electron chi connectivity index (χ0n) is 12.0. The second-order valence-corrected chi connectivity index (χ2v) is 5.86. The number of ether oxygens (including phenoxy) is 1. The van der Waals surface area contributed by atoms with Gasteiger partial charge in [0.15, 0.2) is 0 Å². The highest BCUT2D eigenvalue weighted by Crippen LogP contribution is 2.18. The maximum atomic E-state index is 5.37. The van der Waals surface area contributed by atoms with E-state index in [4.69, 9.17) is 4.74 Å². The van der Waals surface area contributed by atoms with Crippen LogP contribution in [0.1, 0.15) is 19.8 Å². The molecule has 18 heavy (non-hydrogen) atoms. The first-order valence-corrected chi connectivity index (χ1v) is 7.48. The van der Waals surface area contributed by atoms with Crippen molar-refractivity contribution >= 4 is 0 Å². The third-order valence-electron chi connectivity index (χ3n) is 4.37. The summed E-state index contributed by atoms with van der Waals surface area (Å²) in [6.07, 6.45) is 2.74. The number of morpholine rings is 1. The fourth-order valence-corrected chi connectivity index (χ4v) is 3.06. The second kappa shape index (κ2) is 7.43. The molecule has 1 N–H and O–H groups in total. The summed E-state index contributed by atoms with van der Waals surface area (Å²) in [7, 11) is 2.24. The third kappa shape index (κ3) is 4.50. The lowest BCUT2D eigenvalue weighted by atomic mass is 9.92. The van der Waals surface area contributed by atoms with Crippen molar-refractivity contribution in [3.63, 3.8) is 0 Å². The number of rotatable bonds is 5. The predicted molar refractivity (Wildman–Crippen MR) is 74.9 cm³/mol. The summed E-state index contributed by atoms with van der Waals surface area (Å²) in [5, 5.41) is 3.71. The molecule has 106 valence electrons. The van der Waals surface area contributed by atoms with Gasteiger partial charge in [0.25, 0.3) is 0 Å². The van der Waals surface area contributed by atoms with Crippen LogP contribution >= 0.6 is 0 Å². The van der Waals surface area contributed by atoms with Gasteiger partial charge < -0.3 is 15.0 Å². The van der Waals surface area contributed by atoms with Crippen LogP contribution in [0.4, 0.5) is 0 Å². The van der Waals surface area contributed by atoms with Gasteiger partial charge in [0.1, 0.15) is 0 Å². The number of nitrogens with zero attached hydrogens (tertiary/aromatic N) is 2. The predicted octanol–water partition coefficient (Wildman–Crippen LogP) is 0.639. The molecule has 2 aliphatic rings. The molecule has 0 radical (unpaired) electrons. The summed E-state index contributed by atoms with van der Waals surface area (Å²) in [6.45, 7) is 11.2. The van der Waals surface area contributed by atoms with E-state index < -0.39 is 0 Å². The Labute approximate surface area is 112 Å². The number of likely N-dealkylation sites (tertiary alicyclic amines) is 1. The third-order valence-corrected chi connectivity index (χ3v) is 4.37. The monoisotopic (exact) mass is 255 g/mol. The Bertz CT molecular complexity index is 231. The van der Waals surface area contributed by atoms with Gasteiger partial charge >= 0.3 is 0 Å². The minimum atomic E-state index is 0.647. The highest BCUT2D eigenvalue weighted by molar-refractivity contribution is 4.79. The average Bonchev–Trinajstić information content (AvgIpc) is 2.40. The van der Waals surface area contributed by atoms with Crippen molar-refractivity contribution in [1.82, 2.24) is 15.1 Å². The summed E-state index contributed by atoms with van der Waals surface area (Å²) >= 11 is 0. The lowest BCUT2D eigenvalue weighted by Gasteiger charge is -2.34. The van der Waals surface area contributed by atoms with Gasteiger partial charge in [-0.2, -0.15) is 0 Å². The van der Waals surface area contributed by atoms with Crippen molar-refractivity contribution in [1.29, 1.82) is 0 Å². The van der Waals surface area contributed by atoms with Gasteiger partial charge in [-0.1, -0.05) is 0 Å². The van der Waals surface area contributed by atoms with Gasteiger partial charge in [-0.3, -0.25) is 4.90 Å². The van der Waals surface area contributed by atoms with Gasteiger partial charge in [-0.05, 0) is 39.3 Å². The van der Waals surface area contributed by atoms with Crippen LogP contribution in [0, 0.1) is 5.92 Å². The van der Waals surface area contributed by atoms with Crippen LogP contribution < -0.4 is 5.32 Å². The van der Waals surface area contributed by atoms with Crippen molar-refractivity contribution < 1.29 is 4.74 Å². The molecule has 0 aliphatic carbocycles. The molecule has 4 heteroatoms. The summed E-state index contributed by atoms with van der Waals surface area (Å²) in [5.74, 6) is 0.827. The molecule has 2 fully saturated rings. The number of hydrogen-bond donors (Lipinski definition) is 1. The minimum absolute atomic E-state index is 0.647. The Morgan fingerprint density at radius 2 is 2.06 bits per heavy atom. The normalized spacial score (nSPS) is 29.3. The van der Waals surface area contributed by atoms with Crippen molar-refractivity contribution in [2.24, 2.45) is 5.92 Å². The van der Waals surface area contributed by atoms with E-state index >= 15 is 0 Å². The first-order valence-electron chi connectivity index (χ1n) is 7.48. The van der Waals surface area contributed by atoms with E-state index in [0.29, 0.717) is 6.04 Å². The van der Waals surface area contributed by atoms with Gasteiger partial charge in [-0.25, -0.2) is 0 Å². The first kappa shape index (κ1) is 14.3. The Kier molecular flexibility index (Phi) is 5.89. The molecule has 2 unspecified atom stereocenters. The van der Waals surface area contributed by atoms with E-state index in [1.54, 1.807) is 0 Å². The van der Waals surface area contributed by atoms with Gasteiger partial charge in [0.2, 0.25) is 0 Å². The Balaban J connectivity index is 1.60. The maximum absolute atomic E-state index is 5.37. The molecule has 0 aromatic heterocycles. The van der Waals surface area contributed by atoms with Crippen molar-refractivity contribution in [2.75, 3.05) is 59.5 Å². The van der Waals surface area contributed by atoms with Crippen LogP contribution in [0.5, 0.6) is 0 Å². The SMILES string of the molecule is CC(NCCN1CCOCC1)C1CCCN(C)C1. The van der Waals surface area contributed by atoms with E-state index in [-0.39, 0.29) is 0 Å². The average molecular weight is 255 g/mol. The largest absolute Gasteiger partial charge is 0.379 e. The smallest absolute Gasteiger partial charge is 0.0594 e. The number of hydrogen-bond acceptors (Lipinski definition) is 4. The molecule has 2 saturated heterocycles. The standard InChI is InChI=1S/C14H29N3O/c1-13(14-4-3-6-16(2)12-14)15-5-7-17-8-10-18-11-9-17/h13-15H,3-12H2,1-2H3. The van der Waals surface area contributed by atoms with Gasteiger partial charge in [-0.15, -0.1) is 0 Å². The molecule has 0 aromatic rings. The maximum Gasteiger partial charge on any atom is 0.0594 e. The Morgan fingerprint density at radius 3 is 2.78 bits per heavy atom. The minimum Gasteiger partial charge on any atom is -0.379 e. The van der Waals surface area contributed by atoms with Crippen LogP contribution in [0.2, 0.25) is 0 Å². The molecule has 0 aromatic carbocycles. The fourth-order valence-electron chi connectivity index (χ4n) is 3.06. The topological polar surface area (TPSA) is 27.7 Å². The zero-order chi connectivity index (χ0) is 12.8. The Hall–Kier alpha value is -0.160. The number of piperidine rings is 1. The van der Waals surface area contributed by atoms with E-state index in [1.165, 1.54) is 25.9 Å². The van der Waals surface area contributed by atoms with Crippen molar-refractivity contribution in [2.45, 2.75) is 25.8 Å². The van der Waals surface area contributed by atoms with E-state index in [1.807, 2.05) is 0 Å². The van der Waals surface area contributed by atoms with Crippen LogP contribution in [-0.2, 0) is 4.74 Å². The molecule has 2 atom stereocenters. The summed E-state index contributed by atoms with van der Waals surface area (Å²) < 4.78 is 5.37. The molecule has 4 nitrogen and oxygen atoms in total. The van der Waals surface area contributed by atoms with Crippen molar-refractivity contribution in [3.8, 4) is 0 Å². The molecule has 2 heterocycles. The first-order chi connectivity index (χ1) is 8.75. The summed E-state index contributed by atoms with van der Waals surface area (Å²) in [4.78, 5) is 4.96. The lowest BCUT2D eigenvalue weighted by molar-refractivity contribution is 0.0377. The fraction of sp³-hybridized carbons (Fsp3) is 1.00. The molecule has 0 bridgehead atoms. The van der Waals surface area contributed by atoms with Crippen LogP contribution in [0.15, 0.2) is 0 Å². The van der Waals surface area contributed by atoms with Crippen LogP contribution in [0.3, 0.4) is 0 Å². The second-order valence-electron chi connectivity index (χ2n) is 5.86. The van der Waals surface area contributed by atoms with E-state index in [9.17, 15) is 0 Å². The zero-order valence-corrected chi connectivity index (χ0v) is 12.0.